The van der Waals surface area contributed by atoms with E-state index in [9.17, 15) is 23.7 Å². The van der Waals surface area contributed by atoms with Gasteiger partial charge in [0.1, 0.15) is 11.9 Å². The number of ether oxygens (including phenoxy) is 1. The SMILES string of the molecule is Cc1cc(OC(F)F)ccc1NC(=O)c1nn(C23CC4CC(CC(C4)C2)C3)cc1[N+](=O)[O-]. The van der Waals surface area contributed by atoms with Crippen molar-refractivity contribution in [1.29, 1.82) is 0 Å². The van der Waals surface area contributed by atoms with Gasteiger partial charge in [-0.1, -0.05) is 0 Å². The Morgan fingerprint density at radius 3 is 2.41 bits per heavy atom. The van der Waals surface area contributed by atoms with Crippen LogP contribution in [0.3, 0.4) is 0 Å². The second-order valence-electron chi connectivity index (χ2n) is 9.52. The molecule has 4 bridgehead atoms. The van der Waals surface area contributed by atoms with Gasteiger partial charge in [0.15, 0.2) is 0 Å². The highest BCUT2D eigenvalue weighted by Gasteiger charge is 2.53. The van der Waals surface area contributed by atoms with Gasteiger partial charge in [-0.05, 0) is 87.0 Å². The van der Waals surface area contributed by atoms with Crippen molar-refractivity contribution in [2.24, 2.45) is 17.8 Å². The van der Waals surface area contributed by atoms with Gasteiger partial charge in [0, 0.05) is 5.69 Å². The van der Waals surface area contributed by atoms with Crippen LogP contribution in [0.25, 0.3) is 0 Å². The molecule has 0 saturated heterocycles. The summed E-state index contributed by atoms with van der Waals surface area (Å²) in [4.78, 5) is 24.1. The van der Waals surface area contributed by atoms with E-state index in [4.69, 9.17) is 0 Å². The second-order valence-corrected chi connectivity index (χ2v) is 9.52. The number of carbonyl (C=O) groups excluding carboxylic acids is 1. The molecule has 10 heteroatoms. The van der Waals surface area contributed by atoms with Crippen LogP contribution in [0.4, 0.5) is 20.2 Å². The molecule has 1 aromatic carbocycles. The van der Waals surface area contributed by atoms with Crippen LogP contribution in [0.15, 0.2) is 24.4 Å². The van der Waals surface area contributed by atoms with Gasteiger partial charge in [0.05, 0.1) is 10.5 Å². The Kier molecular flexibility index (Phi) is 4.90. The largest absolute Gasteiger partial charge is 0.435 e. The number of halogens is 2. The predicted octanol–water partition coefficient (Wildman–Crippen LogP) is 4.88. The zero-order chi connectivity index (χ0) is 22.6. The van der Waals surface area contributed by atoms with Crippen LogP contribution in [0.5, 0.6) is 5.75 Å². The number of amides is 1. The maximum Gasteiger partial charge on any atom is 0.387 e. The summed E-state index contributed by atoms with van der Waals surface area (Å²) >= 11 is 0. The maximum atomic E-state index is 13.0. The number of aromatic nitrogens is 2. The van der Waals surface area contributed by atoms with Crippen LogP contribution in [-0.4, -0.2) is 27.2 Å². The van der Waals surface area contributed by atoms with E-state index in [-0.39, 0.29) is 22.7 Å². The molecule has 0 radical (unpaired) electrons. The van der Waals surface area contributed by atoms with Gasteiger partial charge in [-0.2, -0.15) is 13.9 Å². The first-order valence-corrected chi connectivity index (χ1v) is 10.8. The molecule has 2 aromatic rings. The molecule has 1 N–H and O–H groups in total. The third kappa shape index (κ3) is 3.61. The molecule has 1 aromatic heterocycles. The third-order valence-electron chi connectivity index (χ3n) is 7.27. The fraction of sp³-hybridized carbons (Fsp3) is 0.545. The van der Waals surface area contributed by atoms with Crippen LogP contribution >= 0.6 is 0 Å². The van der Waals surface area contributed by atoms with Crippen molar-refractivity contribution in [3.05, 3.63) is 45.8 Å². The molecule has 0 atom stereocenters. The number of nitrogens with zero attached hydrogens (tertiary/aromatic N) is 3. The Bertz CT molecular complexity index is 1050. The lowest BCUT2D eigenvalue weighted by molar-refractivity contribution is -0.385. The molecule has 4 aliphatic rings. The number of carbonyl (C=O) groups is 1. The highest BCUT2D eigenvalue weighted by atomic mass is 19.3. The fourth-order valence-corrected chi connectivity index (χ4v) is 6.38. The summed E-state index contributed by atoms with van der Waals surface area (Å²) in [5, 5.41) is 18.8. The summed E-state index contributed by atoms with van der Waals surface area (Å²) < 4.78 is 30.9. The van der Waals surface area contributed by atoms with Gasteiger partial charge in [-0.3, -0.25) is 19.6 Å². The van der Waals surface area contributed by atoms with Crippen molar-refractivity contribution in [1.82, 2.24) is 9.78 Å². The van der Waals surface area contributed by atoms with E-state index < -0.39 is 17.4 Å². The van der Waals surface area contributed by atoms with Crippen molar-refractivity contribution in [2.75, 3.05) is 5.32 Å². The number of hydrogen-bond acceptors (Lipinski definition) is 5. The van der Waals surface area contributed by atoms with Gasteiger partial charge in [-0.25, -0.2) is 0 Å². The quantitative estimate of drug-likeness (QED) is 0.504. The molecule has 4 fully saturated rings. The number of nitro groups is 1. The Hall–Kier alpha value is -3.04. The highest BCUT2D eigenvalue weighted by molar-refractivity contribution is 6.05. The summed E-state index contributed by atoms with van der Waals surface area (Å²) in [6, 6.07) is 4.09. The lowest BCUT2D eigenvalue weighted by atomic mass is 9.53. The van der Waals surface area contributed by atoms with Crippen LogP contribution in [-0.2, 0) is 5.54 Å². The van der Waals surface area contributed by atoms with Gasteiger partial charge < -0.3 is 10.1 Å². The first kappa shape index (κ1) is 20.8. The first-order valence-electron chi connectivity index (χ1n) is 10.8. The van der Waals surface area contributed by atoms with E-state index in [1.807, 2.05) is 0 Å². The van der Waals surface area contributed by atoms with E-state index in [0.717, 1.165) is 19.3 Å². The zero-order valence-electron chi connectivity index (χ0n) is 17.6. The van der Waals surface area contributed by atoms with Crippen LogP contribution < -0.4 is 10.1 Å². The van der Waals surface area contributed by atoms with Gasteiger partial charge in [-0.15, -0.1) is 0 Å². The van der Waals surface area contributed by atoms with E-state index in [1.165, 1.54) is 43.7 Å². The Morgan fingerprint density at radius 2 is 1.88 bits per heavy atom. The standard InChI is InChI=1S/C22H24F2N4O4/c1-12-4-16(32-21(23)24)2-3-17(12)25-20(29)19-18(28(30)31)11-27(26-19)22-8-13-5-14(9-22)7-15(6-13)10-22/h2-4,11,13-15,21H,5-10H2,1H3,(H,25,29). The van der Waals surface area contributed by atoms with Crippen LogP contribution in [0.2, 0.25) is 0 Å². The molecule has 0 unspecified atom stereocenters. The molecule has 0 aliphatic heterocycles. The zero-order valence-corrected chi connectivity index (χ0v) is 17.6. The van der Waals surface area contributed by atoms with Crippen molar-refractivity contribution in [3.8, 4) is 5.75 Å². The second kappa shape index (κ2) is 7.53. The fourth-order valence-electron chi connectivity index (χ4n) is 6.38. The number of nitrogens with one attached hydrogen (secondary N) is 1. The molecule has 0 spiro atoms. The molecule has 8 nitrogen and oxygen atoms in total. The molecule has 32 heavy (non-hydrogen) atoms. The molecule has 4 saturated carbocycles. The van der Waals surface area contributed by atoms with Crippen molar-refractivity contribution >= 4 is 17.3 Å². The summed E-state index contributed by atoms with van der Waals surface area (Å²) in [7, 11) is 0. The maximum absolute atomic E-state index is 13.0. The number of hydrogen-bond donors (Lipinski definition) is 1. The van der Waals surface area contributed by atoms with E-state index >= 15 is 0 Å². The van der Waals surface area contributed by atoms with Crippen LogP contribution in [0, 0.1) is 34.8 Å². The Morgan fingerprint density at radius 1 is 1.25 bits per heavy atom. The van der Waals surface area contributed by atoms with Crippen LogP contribution in [0.1, 0.15) is 54.6 Å². The normalized spacial score (nSPS) is 28.2. The lowest BCUT2D eigenvalue weighted by Gasteiger charge is -2.56. The summed E-state index contributed by atoms with van der Waals surface area (Å²) in [6.45, 7) is -1.33. The van der Waals surface area contributed by atoms with E-state index in [1.54, 1.807) is 11.6 Å². The van der Waals surface area contributed by atoms with Gasteiger partial charge in [0.2, 0.25) is 5.69 Å². The van der Waals surface area contributed by atoms with Crippen molar-refractivity contribution < 1.29 is 23.2 Å². The molecule has 1 heterocycles. The lowest BCUT2D eigenvalue weighted by Crippen LogP contribution is -2.52. The van der Waals surface area contributed by atoms with E-state index in [2.05, 4.69) is 15.2 Å². The number of benzene rings is 1. The first-order chi connectivity index (χ1) is 15.2. The minimum atomic E-state index is -2.95. The van der Waals surface area contributed by atoms with Gasteiger partial charge in [0.25, 0.3) is 5.91 Å². The number of rotatable bonds is 6. The highest BCUT2D eigenvalue weighted by Crippen LogP contribution is 2.58. The summed E-state index contributed by atoms with van der Waals surface area (Å²) in [5.41, 5.74) is 0.0175. The molecular formula is C22H24F2N4O4. The number of aryl methyl sites for hydroxylation is 1. The average molecular weight is 446 g/mol. The molecule has 1 amide bonds. The number of anilines is 1. The van der Waals surface area contributed by atoms with Crippen molar-refractivity contribution in [3.63, 3.8) is 0 Å². The molecular weight excluding hydrogens is 422 g/mol. The molecule has 170 valence electrons. The van der Waals surface area contributed by atoms with E-state index in [0.29, 0.717) is 29.0 Å². The van der Waals surface area contributed by atoms with Crippen molar-refractivity contribution in [2.45, 2.75) is 57.6 Å². The summed E-state index contributed by atoms with van der Waals surface area (Å²) in [6.07, 6.45) is 7.92. The number of alkyl halides is 2. The molecule has 4 aliphatic carbocycles. The third-order valence-corrected chi connectivity index (χ3v) is 7.27. The predicted molar refractivity (Wildman–Crippen MR) is 111 cm³/mol. The Balaban J connectivity index is 1.42. The topological polar surface area (TPSA) is 99.3 Å². The minimum Gasteiger partial charge on any atom is -0.435 e. The Labute approximate surface area is 183 Å². The minimum absolute atomic E-state index is 0.0347. The molecule has 6 rings (SSSR count). The smallest absolute Gasteiger partial charge is 0.387 e. The summed E-state index contributed by atoms with van der Waals surface area (Å²) in [5.74, 6) is 1.13. The average Bonchev–Trinajstić information content (AvgIpc) is 3.15. The monoisotopic (exact) mass is 446 g/mol. The van der Waals surface area contributed by atoms with Gasteiger partial charge >= 0.3 is 12.3 Å².